The van der Waals surface area contributed by atoms with E-state index in [-0.39, 0.29) is 6.10 Å². The van der Waals surface area contributed by atoms with E-state index in [0.29, 0.717) is 6.61 Å². The van der Waals surface area contributed by atoms with Gasteiger partial charge in [-0.1, -0.05) is 25.1 Å². The molecule has 1 atom stereocenters. The molecule has 3 nitrogen and oxygen atoms in total. The summed E-state index contributed by atoms with van der Waals surface area (Å²) in [6, 6.07) is 12.5. The SMILES string of the molecule is CCOC(C)Cc1ccc(OCCc2ccc(CC)cn2)cc1. The lowest BCUT2D eigenvalue weighted by molar-refractivity contribution is 0.0768. The number of hydrogen-bond donors (Lipinski definition) is 0. The van der Waals surface area contributed by atoms with Crippen molar-refractivity contribution >= 4 is 0 Å². The molecule has 0 aliphatic carbocycles. The molecular weight excluding hydrogens is 286 g/mol. The summed E-state index contributed by atoms with van der Waals surface area (Å²) >= 11 is 0. The zero-order valence-electron chi connectivity index (χ0n) is 14.4. The molecule has 124 valence electrons. The predicted octanol–water partition coefficient (Wildman–Crippen LogP) is 4.23. The molecule has 0 bridgehead atoms. The van der Waals surface area contributed by atoms with Crippen molar-refractivity contribution in [3.8, 4) is 5.75 Å². The predicted molar refractivity (Wildman–Crippen MR) is 94.0 cm³/mol. The van der Waals surface area contributed by atoms with E-state index >= 15 is 0 Å². The first-order valence-electron chi connectivity index (χ1n) is 8.48. The lowest BCUT2D eigenvalue weighted by Crippen LogP contribution is -2.11. The lowest BCUT2D eigenvalue weighted by atomic mass is 10.1. The van der Waals surface area contributed by atoms with E-state index < -0.39 is 0 Å². The summed E-state index contributed by atoms with van der Waals surface area (Å²) in [5.41, 5.74) is 3.62. The number of rotatable bonds is 9. The molecule has 1 aromatic carbocycles. The van der Waals surface area contributed by atoms with Gasteiger partial charge in [0.15, 0.2) is 0 Å². The van der Waals surface area contributed by atoms with Crippen LogP contribution in [0.3, 0.4) is 0 Å². The minimum absolute atomic E-state index is 0.254. The number of nitrogens with zero attached hydrogens (tertiary/aromatic N) is 1. The van der Waals surface area contributed by atoms with Gasteiger partial charge in [0.2, 0.25) is 0 Å². The molecule has 0 saturated heterocycles. The lowest BCUT2D eigenvalue weighted by Gasteiger charge is -2.12. The maximum atomic E-state index is 5.80. The van der Waals surface area contributed by atoms with Crippen LogP contribution in [0.1, 0.15) is 37.6 Å². The Morgan fingerprint density at radius 3 is 2.35 bits per heavy atom. The average molecular weight is 313 g/mol. The molecule has 2 aromatic rings. The third-order valence-electron chi connectivity index (χ3n) is 3.82. The average Bonchev–Trinajstić information content (AvgIpc) is 2.57. The number of benzene rings is 1. The van der Waals surface area contributed by atoms with Crippen molar-refractivity contribution < 1.29 is 9.47 Å². The van der Waals surface area contributed by atoms with Gasteiger partial charge in [0, 0.05) is 24.9 Å². The number of pyridine rings is 1. The van der Waals surface area contributed by atoms with Crippen LogP contribution in [0, 0.1) is 0 Å². The monoisotopic (exact) mass is 313 g/mol. The molecule has 0 spiro atoms. The van der Waals surface area contributed by atoms with Crippen LogP contribution in [0.4, 0.5) is 0 Å². The number of ether oxygens (including phenoxy) is 2. The smallest absolute Gasteiger partial charge is 0.119 e. The standard InChI is InChI=1S/C20H27NO2/c1-4-17-6-9-19(21-15-17)12-13-23-20-10-7-18(8-11-20)14-16(3)22-5-2/h6-11,15-16H,4-5,12-14H2,1-3H3. The van der Waals surface area contributed by atoms with Gasteiger partial charge in [0.1, 0.15) is 5.75 Å². The van der Waals surface area contributed by atoms with Gasteiger partial charge in [0.05, 0.1) is 12.7 Å². The molecule has 0 amide bonds. The molecule has 0 fully saturated rings. The summed E-state index contributed by atoms with van der Waals surface area (Å²) in [5.74, 6) is 0.906. The Hall–Kier alpha value is -1.87. The van der Waals surface area contributed by atoms with Gasteiger partial charge in [-0.2, -0.15) is 0 Å². The van der Waals surface area contributed by atoms with Gasteiger partial charge in [-0.05, 0) is 56.0 Å². The first-order valence-corrected chi connectivity index (χ1v) is 8.48. The fourth-order valence-electron chi connectivity index (χ4n) is 2.48. The topological polar surface area (TPSA) is 31.4 Å². The van der Waals surface area contributed by atoms with Crippen LogP contribution in [0.5, 0.6) is 5.75 Å². The van der Waals surface area contributed by atoms with Gasteiger partial charge in [-0.3, -0.25) is 4.98 Å². The van der Waals surface area contributed by atoms with Gasteiger partial charge >= 0.3 is 0 Å². The highest BCUT2D eigenvalue weighted by Crippen LogP contribution is 2.14. The van der Waals surface area contributed by atoms with Crippen molar-refractivity contribution in [3.05, 3.63) is 59.4 Å². The van der Waals surface area contributed by atoms with E-state index in [1.807, 2.05) is 25.3 Å². The van der Waals surface area contributed by atoms with Crippen molar-refractivity contribution in [1.82, 2.24) is 4.98 Å². The molecule has 0 N–H and O–H groups in total. The van der Waals surface area contributed by atoms with E-state index in [1.165, 1.54) is 11.1 Å². The Kier molecular flexibility index (Phi) is 7.08. The van der Waals surface area contributed by atoms with E-state index in [4.69, 9.17) is 9.47 Å². The van der Waals surface area contributed by atoms with Crippen LogP contribution in [0.15, 0.2) is 42.6 Å². The Labute approximate surface area is 139 Å². The van der Waals surface area contributed by atoms with Crippen molar-refractivity contribution in [2.45, 2.75) is 46.1 Å². The van der Waals surface area contributed by atoms with Crippen LogP contribution in [0.25, 0.3) is 0 Å². The first kappa shape index (κ1) is 17.5. The Morgan fingerprint density at radius 2 is 1.74 bits per heavy atom. The van der Waals surface area contributed by atoms with Gasteiger partial charge in [0.25, 0.3) is 0 Å². The molecule has 3 heteroatoms. The van der Waals surface area contributed by atoms with Crippen molar-refractivity contribution in [3.63, 3.8) is 0 Å². The molecular formula is C20H27NO2. The van der Waals surface area contributed by atoms with Crippen molar-refractivity contribution in [2.75, 3.05) is 13.2 Å². The second kappa shape index (κ2) is 9.31. The summed E-state index contributed by atoms with van der Waals surface area (Å²) in [6.45, 7) is 7.67. The van der Waals surface area contributed by atoms with E-state index in [9.17, 15) is 0 Å². The van der Waals surface area contributed by atoms with Crippen LogP contribution < -0.4 is 4.74 Å². The molecule has 1 aromatic heterocycles. The van der Waals surface area contributed by atoms with Crippen LogP contribution in [-0.4, -0.2) is 24.3 Å². The fraction of sp³-hybridized carbons (Fsp3) is 0.450. The first-order chi connectivity index (χ1) is 11.2. The molecule has 0 aliphatic heterocycles. The molecule has 1 heterocycles. The second-order valence-electron chi connectivity index (χ2n) is 5.72. The van der Waals surface area contributed by atoms with Crippen molar-refractivity contribution in [2.24, 2.45) is 0 Å². The summed E-state index contributed by atoms with van der Waals surface area (Å²) in [4.78, 5) is 4.45. The molecule has 0 saturated carbocycles. The minimum Gasteiger partial charge on any atom is -0.493 e. The Bertz CT molecular complexity index is 563. The van der Waals surface area contributed by atoms with E-state index in [1.54, 1.807) is 0 Å². The molecule has 0 aliphatic rings. The van der Waals surface area contributed by atoms with Crippen LogP contribution >= 0.6 is 0 Å². The second-order valence-corrected chi connectivity index (χ2v) is 5.72. The maximum absolute atomic E-state index is 5.80. The summed E-state index contributed by atoms with van der Waals surface area (Å²) in [5, 5.41) is 0. The summed E-state index contributed by atoms with van der Waals surface area (Å²) in [7, 11) is 0. The molecule has 2 rings (SSSR count). The zero-order valence-corrected chi connectivity index (χ0v) is 14.4. The molecule has 23 heavy (non-hydrogen) atoms. The maximum Gasteiger partial charge on any atom is 0.119 e. The minimum atomic E-state index is 0.254. The highest BCUT2D eigenvalue weighted by atomic mass is 16.5. The number of aryl methyl sites for hydroxylation is 1. The highest BCUT2D eigenvalue weighted by molar-refractivity contribution is 5.27. The van der Waals surface area contributed by atoms with E-state index in [2.05, 4.69) is 43.1 Å². The fourth-order valence-corrected chi connectivity index (χ4v) is 2.48. The molecule has 0 radical (unpaired) electrons. The quantitative estimate of drug-likeness (QED) is 0.694. The number of hydrogen-bond acceptors (Lipinski definition) is 3. The summed E-state index contributed by atoms with van der Waals surface area (Å²) < 4.78 is 11.4. The van der Waals surface area contributed by atoms with Gasteiger partial charge < -0.3 is 9.47 Å². The van der Waals surface area contributed by atoms with Gasteiger partial charge in [-0.25, -0.2) is 0 Å². The van der Waals surface area contributed by atoms with Crippen LogP contribution in [0.2, 0.25) is 0 Å². The van der Waals surface area contributed by atoms with Crippen molar-refractivity contribution in [1.29, 1.82) is 0 Å². The largest absolute Gasteiger partial charge is 0.493 e. The Morgan fingerprint density at radius 1 is 1.00 bits per heavy atom. The van der Waals surface area contributed by atoms with Crippen LogP contribution in [-0.2, 0) is 24.0 Å². The highest BCUT2D eigenvalue weighted by Gasteiger charge is 2.03. The molecule has 1 unspecified atom stereocenters. The third kappa shape index (κ3) is 6.03. The van der Waals surface area contributed by atoms with Gasteiger partial charge in [-0.15, -0.1) is 0 Å². The third-order valence-corrected chi connectivity index (χ3v) is 3.82. The normalized spacial score (nSPS) is 12.1. The zero-order chi connectivity index (χ0) is 16.5. The Balaban J connectivity index is 1.77. The number of aromatic nitrogens is 1. The van der Waals surface area contributed by atoms with E-state index in [0.717, 1.165) is 37.3 Å². The summed E-state index contributed by atoms with van der Waals surface area (Å²) in [6.07, 6.45) is 4.99.